The molecule has 0 unspecified atom stereocenters. The van der Waals surface area contributed by atoms with E-state index in [1.807, 2.05) is 0 Å². The van der Waals surface area contributed by atoms with Gasteiger partial charge in [-0.3, -0.25) is 14.5 Å². The maximum Gasteiger partial charge on any atom is 0.325 e. The van der Waals surface area contributed by atoms with Gasteiger partial charge in [0.05, 0.1) is 6.54 Å². The number of ketones is 1. The highest BCUT2D eigenvalue weighted by Gasteiger charge is 2.50. The maximum atomic E-state index is 12.9. The van der Waals surface area contributed by atoms with E-state index in [4.69, 9.17) is 21.1 Å². The minimum Gasteiger partial charge on any atom is -0.454 e. The molecule has 27 heavy (non-hydrogen) atoms. The van der Waals surface area contributed by atoms with Crippen molar-refractivity contribution in [3.63, 3.8) is 0 Å². The molecule has 0 spiro atoms. The van der Waals surface area contributed by atoms with Gasteiger partial charge >= 0.3 is 6.03 Å². The third kappa shape index (κ3) is 2.80. The second-order valence-corrected chi connectivity index (χ2v) is 6.82. The summed E-state index contributed by atoms with van der Waals surface area (Å²) in [6, 6.07) is 10.9. The van der Waals surface area contributed by atoms with Gasteiger partial charge in [-0.05, 0) is 31.2 Å². The van der Waals surface area contributed by atoms with Gasteiger partial charge in [0, 0.05) is 16.1 Å². The molecule has 2 aliphatic rings. The average Bonchev–Trinajstić information content (AvgIpc) is 3.20. The SMILES string of the molecule is C[C@@]1(c2ccccc2Cl)NC(=O)N(CC(=O)c2ccc3c(c2)OCO3)C1=O. The van der Waals surface area contributed by atoms with Gasteiger partial charge in [-0.15, -0.1) is 0 Å². The van der Waals surface area contributed by atoms with Crippen LogP contribution in [-0.2, 0) is 10.3 Å². The van der Waals surface area contributed by atoms with Crippen molar-refractivity contribution in [1.29, 1.82) is 0 Å². The fourth-order valence-electron chi connectivity index (χ4n) is 3.19. The smallest absolute Gasteiger partial charge is 0.325 e. The van der Waals surface area contributed by atoms with Crippen molar-refractivity contribution < 1.29 is 23.9 Å². The Bertz CT molecular complexity index is 976. The number of fused-ring (bicyclic) bond motifs is 1. The quantitative estimate of drug-likeness (QED) is 0.645. The van der Waals surface area contributed by atoms with Gasteiger partial charge in [0.1, 0.15) is 5.54 Å². The Hall–Kier alpha value is -3.06. The van der Waals surface area contributed by atoms with Crippen LogP contribution in [0.25, 0.3) is 0 Å². The monoisotopic (exact) mass is 386 g/mol. The number of benzene rings is 2. The van der Waals surface area contributed by atoms with Crippen LogP contribution < -0.4 is 14.8 Å². The second kappa shape index (κ2) is 6.28. The molecule has 0 aromatic heterocycles. The number of imide groups is 1. The highest BCUT2D eigenvalue weighted by molar-refractivity contribution is 6.32. The van der Waals surface area contributed by atoms with Crippen molar-refractivity contribution in [2.24, 2.45) is 0 Å². The van der Waals surface area contributed by atoms with Gasteiger partial charge in [0.2, 0.25) is 6.79 Å². The summed E-state index contributed by atoms with van der Waals surface area (Å²) in [5.41, 5.74) is -0.529. The number of rotatable bonds is 4. The molecule has 3 amide bonds. The molecule has 0 aliphatic carbocycles. The molecule has 0 bridgehead atoms. The highest BCUT2D eigenvalue weighted by Crippen LogP contribution is 2.35. The number of urea groups is 1. The maximum absolute atomic E-state index is 12.9. The zero-order chi connectivity index (χ0) is 19.2. The van der Waals surface area contributed by atoms with E-state index in [1.54, 1.807) is 43.3 Å². The molecule has 1 fully saturated rings. The molecule has 2 aromatic carbocycles. The Morgan fingerprint density at radius 1 is 1.19 bits per heavy atom. The molecule has 138 valence electrons. The molecule has 1 saturated heterocycles. The molecular weight excluding hydrogens is 372 g/mol. The van der Waals surface area contributed by atoms with Gasteiger partial charge in [-0.25, -0.2) is 4.79 Å². The standard InChI is InChI=1S/C19H15ClN2O5/c1-19(12-4-2-3-5-13(12)20)17(24)22(18(25)21-19)9-14(23)11-6-7-15-16(8-11)27-10-26-15/h2-8H,9-10H2,1H3,(H,21,25)/t19-/m0/s1. The van der Waals surface area contributed by atoms with Crippen LogP contribution in [0.3, 0.4) is 0 Å². The summed E-state index contributed by atoms with van der Waals surface area (Å²) in [5, 5.41) is 3.00. The number of carbonyl (C=O) groups excluding carboxylic acids is 3. The van der Waals surface area contributed by atoms with Gasteiger partial charge < -0.3 is 14.8 Å². The van der Waals surface area contributed by atoms with Crippen LogP contribution in [0.15, 0.2) is 42.5 Å². The van der Waals surface area contributed by atoms with Crippen LogP contribution in [0.4, 0.5) is 4.79 Å². The zero-order valence-corrected chi connectivity index (χ0v) is 15.1. The summed E-state index contributed by atoms with van der Waals surface area (Å²) in [5.74, 6) is 0.0849. The third-order valence-electron chi connectivity index (χ3n) is 4.68. The number of Topliss-reactive ketones (excluding diaryl/α,β-unsaturated/α-hetero) is 1. The van der Waals surface area contributed by atoms with E-state index in [0.29, 0.717) is 27.6 Å². The van der Waals surface area contributed by atoms with Crippen molar-refractivity contribution in [2.75, 3.05) is 13.3 Å². The van der Waals surface area contributed by atoms with Crippen molar-refractivity contribution in [3.05, 3.63) is 58.6 Å². The van der Waals surface area contributed by atoms with Crippen molar-refractivity contribution in [2.45, 2.75) is 12.5 Å². The number of nitrogens with zero attached hydrogens (tertiary/aromatic N) is 1. The number of amides is 3. The van der Waals surface area contributed by atoms with Crippen LogP contribution in [-0.4, -0.2) is 36.0 Å². The molecule has 7 nitrogen and oxygen atoms in total. The van der Waals surface area contributed by atoms with E-state index >= 15 is 0 Å². The third-order valence-corrected chi connectivity index (χ3v) is 5.01. The number of carbonyl (C=O) groups is 3. The number of hydrogen-bond donors (Lipinski definition) is 1. The van der Waals surface area contributed by atoms with E-state index in [2.05, 4.69) is 5.32 Å². The minimum atomic E-state index is -1.33. The molecule has 0 saturated carbocycles. The Balaban J connectivity index is 1.58. The molecule has 0 radical (unpaired) electrons. The van der Waals surface area contributed by atoms with Crippen molar-refractivity contribution >= 4 is 29.3 Å². The predicted molar refractivity (Wildman–Crippen MR) is 95.9 cm³/mol. The lowest BCUT2D eigenvalue weighted by Gasteiger charge is -2.23. The van der Waals surface area contributed by atoms with Gasteiger partial charge in [0.25, 0.3) is 5.91 Å². The normalized spacial score (nSPS) is 20.7. The van der Waals surface area contributed by atoms with Gasteiger partial charge in [0.15, 0.2) is 17.3 Å². The molecule has 1 atom stereocenters. The Morgan fingerprint density at radius 3 is 2.70 bits per heavy atom. The average molecular weight is 387 g/mol. The summed E-state index contributed by atoms with van der Waals surface area (Å²) in [7, 11) is 0. The van der Waals surface area contributed by atoms with E-state index in [1.165, 1.54) is 6.07 Å². The molecular formula is C19H15ClN2O5. The summed E-state index contributed by atoms with van der Waals surface area (Å²) >= 11 is 6.20. The molecule has 2 heterocycles. The molecule has 4 rings (SSSR count). The Morgan fingerprint density at radius 2 is 1.93 bits per heavy atom. The van der Waals surface area contributed by atoms with Crippen LogP contribution in [0.5, 0.6) is 11.5 Å². The fourth-order valence-corrected chi connectivity index (χ4v) is 3.52. The first-order valence-corrected chi connectivity index (χ1v) is 8.60. The molecule has 1 N–H and O–H groups in total. The first-order chi connectivity index (χ1) is 12.9. The highest BCUT2D eigenvalue weighted by atomic mass is 35.5. The Labute approximate surface area is 159 Å². The molecule has 8 heteroatoms. The summed E-state index contributed by atoms with van der Waals surface area (Å²) in [6.07, 6.45) is 0. The second-order valence-electron chi connectivity index (χ2n) is 6.42. The van der Waals surface area contributed by atoms with Crippen LogP contribution in [0.2, 0.25) is 5.02 Å². The lowest BCUT2D eigenvalue weighted by molar-refractivity contribution is -0.130. The van der Waals surface area contributed by atoms with E-state index < -0.39 is 17.5 Å². The summed E-state index contributed by atoms with van der Waals surface area (Å²) < 4.78 is 10.5. The lowest BCUT2D eigenvalue weighted by Crippen LogP contribution is -2.41. The number of hydrogen-bond acceptors (Lipinski definition) is 5. The predicted octanol–water partition coefficient (Wildman–Crippen LogP) is 2.72. The first kappa shape index (κ1) is 17.4. The minimum absolute atomic E-state index is 0.0934. The van der Waals surface area contributed by atoms with E-state index in [9.17, 15) is 14.4 Å². The zero-order valence-electron chi connectivity index (χ0n) is 14.3. The summed E-state index contributed by atoms with van der Waals surface area (Å²) in [6.45, 7) is 1.28. The van der Waals surface area contributed by atoms with Crippen LogP contribution in [0.1, 0.15) is 22.8 Å². The molecule has 2 aromatic rings. The number of halogens is 1. The van der Waals surface area contributed by atoms with Crippen LogP contribution in [0, 0.1) is 0 Å². The van der Waals surface area contributed by atoms with E-state index in [-0.39, 0.29) is 19.1 Å². The van der Waals surface area contributed by atoms with Gasteiger partial charge in [-0.1, -0.05) is 29.8 Å². The summed E-state index contributed by atoms with van der Waals surface area (Å²) in [4.78, 5) is 38.8. The van der Waals surface area contributed by atoms with Crippen molar-refractivity contribution in [1.82, 2.24) is 10.2 Å². The van der Waals surface area contributed by atoms with Crippen molar-refractivity contribution in [3.8, 4) is 11.5 Å². The Kier molecular flexibility index (Phi) is 4.04. The lowest BCUT2D eigenvalue weighted by atomic mass is 9.92. The van der Waals surface area contributed by atoms with Crippen LogP contribution >= 0.6 is 11.6 Å². The molecule has 2 aliphatic heterocycles. The topological polar surface area (TPSA) is 84.9 Å². The van der Waals surface area contributed by atoms with Gasteiger partial charge in [-0.2, -0.15) is 0 Å². The number of nitrogens with one attached hydrogen (secondary N) is 1. The first-order valence-electron chi connectivity index (χ1n) is 8.22. The van der Waals surface area contributed by atoms with E-state index in [0.717, 1.165) is 4.90 Å². The largest absolute Gasteiger partial charge is 0.454 e. The number of ether oxygens (including phenoxy) is 2. The fraction of sp³-hybridized carbons (Fsp3) is 0.211.